The summed E-state index contributed by atoms with van der Waals surface area (Å²) in [6.45, 7) is 1.91. The van der Waals surface area contributed by atoms with E-state index in [1.165, 1.54) is 0 Å². The number of esters is 1. The molecular weight excluding hydrogens is 144 g/mol. The topological polar surface area (TPSA) is 46.5 Å². The van der Waals surface area contributed by atoms with E-state index in [2.05, 4.69) is 4.74 Å². The Morgan fingerprint density at radius 2 is 2.55 bits per heavy atom. The summed E-state index contributed by atoms with van der Waals surface area (Å²) >= 11 is 0. The van der Waals surface area contributed by atoms with Crippen LogP contribution in [-0.2, 0) is 9.53 Å². The predicted molar refractivity (Wildman–Crippen MR) is 39.6 cm³/mol. The normalized spacial score (nSPS) is 31.3. The highest BCUT2D eigenvalue weighted by atomic mass is 16.6. The molecule has 1 aliphatic rings. The van der Waals surface area contributed by atoms with Crippen LogP contribution in [0.1, 0.15) is 19.8 Å². The minimum Gasteiger partial charge on any atom is -0.436 e. The molecule has 1 N–H and O–H groups in total. The minimum absolute atomic E-state index is 0.0429. The Balaban J connectivity index is 2.40. The maximum Gasteiger partial charge on any atom is 0.308 e. The maximum atomic E-state index is 10.6. The quantitative estimate of drug-likeness (QED) is 0.476. The number of allylic oxidation sites excluding steroid dienone is 2. The molecule has 1 saturated heterocycles. The first-order chi connectivity index (χ1) is 5.24. The summed E-state index contributed by atoms with van der Waals surface area (Å²) in [5, 5.41) is 9.11. The van der Waals surface area contributed by atoms with E-state index in [-0.39, 0.29) is 11.9 Å². The Kier molecular flexibility index (Phi) is 2.65. The summed E-state index contributed by atoms with van der Waals surface area (Å²) in [6.07, 6.45) is 3.99. The number of hydrogen-bond acceptors (Lipinski definition) is 3. The van der Waals surface area contributed by atoms with Gasteiger partial charge in [-0.1, -0.05) is 12.2 Å². The van der Waals surface area contributed by atoms with E-state index in [0.717, 1.165) is 0 Å². The second-order valence-corrected chi connectivity index (χ2v) is 2.65. The lowest BCUT2D eigenvalue weighted by Gasteiger charge is -2.07. The van der Waals surface area contributed by atoms with E-state index < -0.39 is 6.29 Å². The van der Waals surface area contributed by atoms with Crippen LogP contribution < -0.4 is 0 Å². The lowest BCUT2D eigenvalue weighted by molar-refractivity contribution is -0.155. The van der Waals surface area contributed by atoms with Gasteiger partial charge in [0.05, 0.1) is 6.42 Å². The molecule has 0 spiro atoms. The van der Waals surface area contributed by atoms with E-state index in [0.29, 0.717) is 12.8 Å². The van der Waals surface area contributed by atoms with Gasteiger partial charge in [0.25, 0.3) is 0 Å². The zero-order valence-corrected chi connectivity index (χ0v) is 6.49. The van der Waals surface area contributed by atoms with Crippen LogP contribution in [0.5, 0.6) is 0 Å². The molecule has 0 aromatic carbocycles. The minimum atomic E-state index is -0.890. The van der Waals surface area contributed by atoms with Gasteiger partial charge in [-0.05, 0) is 13.3 Å². The number of hydrogen-bond donors (Lipinski definition) is 1. The Morgan fingerprint density at radius 3 is 3.00 bits per heavy atom. The monoisotopic (exact) mass is 156 g/mol. The van der Waals surface area contributed by atoms with Gasteiger partial charge >= 0.3 is 5.97 Å². The highest BCUT2D eigenvalue weighted by molar-refractivity contribution is 5.71. The average Bonchev–Trinajstić information content (AvgIpc) is 2.26. The largest absolute Gasteiger partial charge is 0.436 e. The fraction of sp³-hybridized carbons (Fsp3) is 0.625. The fourth-order valence-electron chi connectivity index (χ4n) is 1.10. The molecule has 0 amide bonds. The van der Waals surface area contributed by atoms with Crippen LogP contribution in [0.3, 0.4) is 0 Å². The van der Waals surface area contributed by atoms with Crippen molar-refractivity contribution in [3.05, 3.63) is 12.2 Å². The van der Waals surface area contributed by atoms with Crippen LogP contribution >= 0.6 is 0 Å². The highest BCUT2D eigenvalue weighted by Crippen LogP contribution is 2.23. The predicted octanol–water partition coefficient (Wildman–Crippen LogP) is 0.834. The van der Waals surface area contributed by atoms with Gasteiger partial charge in [0, 0.05) is 5.92 Å². The van der Waals surface area contributed by atoms with Gasteiger partial charge in [-0.2, -0.15) is 0 Å². The molecule has 0 radical (unpaired) electrons. The first kappa shape index (κ1) is 8.27. The van der Waals surface area contributed by atoms with Crippen molar-refractivity contribution in [3.8, 4) is 0 Å². The Hall–Kier alpha value is -0.830. The SMILES string of the molecule is C/C=C/CC1CC(=O)OC1O. The number of ether oxygens (including phenoxy) is 1. The van der Waals surface area contributed by atoms with E-state index >= 15 is 0 Å². The third kappa shape index (κ3) is 2.05. The second kappa shape index (κ2) is 3.53. The van der Waals surface area contributed by atoms with Crippen molar-refractivity contribution in [2.75, 3.05) is 0 Å². The lowest BCUT2D eigenvalue weighted by atomic mass is 10.0. The molecule has 2 atom stereocenters. The van der Waals surface area contributed by atoms with Crippen LogP contribution in [0.2, 0.25) is 0 Å². The van der Waals surface area contributed by atoms with Gasteiger partial charge in [-0.3, -0.25) is 4.79 Å². The summed E-state index contributed by atoms with van der Waals surface area (Å²) < 4.78 is 4.55. The number of carbonyl (C=O) groups excluding carboxylic acids is 1. The van der Waals surface area contributed by atoms with Crippen LogP contribution in [0.25, 0.3) is 0 Å². The van der Waals surface area contributed by atoms with Crippen LogP contribution in [0.15, 0.2) is 12.2 Å². The first-order valence-electron chi connectivity index (χ1n) is 3.72. The molecule has 62 valence electrons. The first-order valence-corrected chi connectivity index (χ1v) is 3.72. The summed E-state index contributed by atoms with van der Waals surface area (Å²) in [7, 11) is 0. The summed E-state index contributed by atoms with van der Waals surface area (Å²) in [4.78, 5) is 10.6. The molecule has 1 rings (SSSR count). The van der Waals surface area contributed by atoms with Gasteiger partial charge in [0.2, 0.25) is 6.29 Å². The van der Waals surface area contributed by atoms with Crippen molar-refractivity contribution in [1.82, 2.24) is 0 Å². The zero-order chi connectivity index (χ0) is 8.27. The van der Waals surface area contributed by atoms with Gasteiger partial charge < -0.3 is 9.84 Å². The Bertz CT molecular complexity index is 174. The Labute approximate surface area is 65.7 Å². The smallest absolute Gasteiger partial charge is 0.308 e. The van der Waals surface area contributed by atoms with Crippen molar-refractivity contribution in [3.63, 3.8) is 0 Å². The summed E-state index contributed by atoms with van der Waals surface area (Å²) in [5.74, 6) is -0.342. The number of aliphatic hydroxyl groups excluding tert-OH is 1. The number of cyclic esters (lactones) is 1. The molecule has 0 aromatic rings. The third-order valence-corrected chi connectivity index (χ3v) is 1.76. The molecule has 1 fully saturated rings. The molecular formula is C8H12O3. The molecule has 2 unspecified atom stereocenters. The van der Waals surface area contributed by atoms with Crippen molar-refractivity contribution < 1.29 is 14.6 Å². The molecule has 1 aliphatic heterocycles. The second-order valence-electron chi connectivity index (χ2n) is 2.65. The average molecular weight is 156 g/mol. The maximum absolute atomic E-state index is 10.6. The molecule has 0 bridgehead atoms. The highest BCUT2D eigenvalue weighted by Gasteiger charge is 2.31. The van der Waals surface area contributed by atoms with Gasteiger partial charge in [-0.25, -0.2) is 0 Å². The van der Waals surface area contributed by atoms with E-state index in [1.807, 2.05) is 19.1 Å². The number of aliphatic hydroxyl groups is 1. The van der Waals surface area contributed by atoms with E-state index in [9.17, 15) is 4.79 Å². The molecule has 1 heterocycles. The van der Waals surface area contributed by atoms with Gasteiger partial charge in [-0.15, -0.1) is 0 Å². The van der Waals surface area contributed by atoms with Crippen LogP contribution in [0.4, 0.5) is 0 Å². The third-order valence-electron chi connectivity index (χ3n) is 1.76. The Morgan fingerprint density at radius 1 is 1.82 bits per heavy atom. The summed E-state index contributed by atoms with van der Waals surface area (Å²) in [6, 6.07) is 0. The summed E-state index contributed by atoms with van der Waals surface area (Å²) in [5.41, 5.74) is 0. The molecule has 11 heavy (non-hydrogen) atoms. The zero-order valence-electron chi connectivity index (χ0n) is 6.49. The van der Waals surface area contributed by atoms with Gasteiger partial charge in [0.15, 0.2) is 0 Å². The van der Waals surface area contributed by atoms with Crippen molar-refractivity contribution in [2.45, 2.75) is 26.1 Å². The number of carbonyl (C=O) groups is 1. The van der Waals surface area contributed by atoms with Gasteiger partial charge in [0.1, 0.15) is 0 Å². The van der Waals surface area contributed by atoms with Crippen molar-refractivity contribution >= 4 is 5.97 Å². The van der Waals surface area contributed by atoms with E-state index in [1.54, 1.807) is 0 Å². The number of rotatable bonds is 2. The molecule has 0 saturated carbocycles. The van der Waals surface area contributed by atoms with Crippen LogP contribution in [0, 0.1) is 5.92 Å². The molecule has 0 aliphatic carbocycles. The molecule has 0 aromatic heterocycles. The van der Waals surface area contributed by atoms with Crippen molar-refractivity contribution in [1.29, 1.82) is 0 Å². The molecule has 3 heteroatoms. The molecule has 3 nitrogen and oxygen atoms in total. The fourth-order valence-corrected chi connectivity index (χ4v) is 1.10. The van der Waals surface area contributed by atoms with Crippen molar-refractivity contribution in [2.24, 2.45) is 5.92 Å². The van der Waals surface area contributed by atoms with E-state index in [4.69, 9.17) is 5.11 Å². The standard InChI is InChI=1S/C8H12O3/c1-2-3-4-6-5-7(9)11-8(6)10/h2-3,6,8,10H,4-5H2,1H3/b3-2+. The lowest BCUT2D eigenvalue weighted by Crippen LogP contribution is -2.13. The van der Waals surface area contributed by atoms with Crippen LogP contribution in [-0.4, -0.2) is 17.4 Å².